The number of rotatable bonds is 3. The zero-order chi connectivity index (χ0) is 13.2. The normalized spacial score (nSPS) is 23.7. The number of nitrogens with zero attached hydrogens (tertiary/aromatic N) is 4. The van der Waals surface area contributed by atoms with Crippen LogP contribution in [0.25, 0.3) is 5.78 Å². The molecule has 6 nitrogen and oxygen atoms in total. The van der Waals surface area contributed by atoms with E-state index in [2.05, 4.69) is 20.4 Å². The van der Waals surface area contributed by atoms with E-state index >= 15 is 0 Å². The highest BCUT2D eigenvalue weighted by molar-refractivity contribution is 5.44. The molecule has 0 aromatic carbocycles. The summed E-state index contributed by atoms with van der Waals surface area (Å²) in [6, 6.07) is 2.37. The highest BCUT2D eigenvalue weighted by atomic mass is 15.3. The summed E-state index contributed by atoms with van der Waals surface area (Å²) in [7, 11) is 0. The van der Waals surface area contributed by atoms with E-state index in [0.29, 0.717) is 17.7 Å². The number of aromatic nitrogens is 4. The van der Waals surface area contributed by atoms with Crippen LogP contribution in [0.3, 0.4) is 0 Å². The fourth-order valence-corrected chi connectivity index (χ4v) is 2.82. The molecular formula is C13H20N6. The Bertz CT molecular complexity index is 563. The van der Waals surface area contributed by atoms with Crippen LogP contribution in [0.2, 0.25) is 0 Å². The van der Waals surface area contributed by atoms with Crippen molar-refractivity contribution in [2.24, 2.45) is 11.7 Å². The van der Waals surface area contributed by atoms with Crippen LogP contribution in [0.5, 0.6) is 0 Å². The van der Waals surface area contributed by atoms with E-state index in [0.717, 1.165) is 30.9 Å². The van der Waals surface area contributed by atoms with Crippen molar-refractivity contribution in [1.82, 2.24) is 19.6 Å². The Kier molecular flexibility index (Phi) is 3.33. The van der Waals surface area contributed by atoms with Crippen LogP contribution in [-0.2, 0) is 0 Å². The van der Waals surface area contributed by atoms with Crippen molar-refractivity contribution in [3.05, 3.63) is 18.1 Å². The first-order chi connectivity index (χ1) is 9.22. The molecule has 0 saturated heterocycles. The Hall–Kier alpha value is -1.69. The van der Waals surface area contributed by atoms with Crippen LogP contribution < -0.4 is 11.1 Å². The van der Waals surface area contributed by atoms with Gasteiger partial charge in [-0.15, -0.1) is 0 Å². The minimum absolute atomic E-state index is 0.367. The summed E-state index contributed by atoms with van der Waals surface area (Å²) in [5, 5.41) is 7.66. The lowest BCUT2D eigenvalue weighted by Crippen LogP contribution is -2.31. The van der Waals surface area contributed by atoms with Crippen molar-refractivity contribution in [2.75, 3.05) is 11.9 Å². The van der Waals surface area contributed by atoms with Gasteiger partial charge in [-0.2, -0.15) is 14.6 Å². The molecule has 1 aliphatic carbocycles. The quantitative estimate of drug-likeness (QED) is 0.871. The van der Waals surface area contributed by atoms with E-state index < -0.39 is 0 Å². The maximum Gasteiger partial charge on any atom is 0.254 e. The van der Waals surface area contributed by atoms with E-state index in [4.69, 9.17) is 5.73 Å². The van der Waals surface area contributed by atoms with E-state index in [9.17, 15) is 0 Å². The molecule has 3 rings (SSSR count). The molecule has 2 unspecified atom stereocenters. The Morgan fingerprint density at radius 2 is 2.37 bits per heavy atom. The Morgan fingerprint density at radius 1 is 1.47 bits per heavy atom. The molecule has 2 aromatic rings. The molecule has 0 aliphatic heterocycles. The first kappa shape index (κ1) is 12.3. The van der Waals surface area contributed by atoms with Crippen LogP contribution in [0.4, 0.5) is 5.82 Å². The van der Waals surface area contributed by atoms with E-state index in [1.807, 2.05) is 13.0 Å². The smallest absolute Gasteiger partial charge is 0.254 e. The van der Waals surface area contributed by atoms with E-state index in [1.165, 1.54) is 19.2 Å². The lowest BCUT2D eigenvalue weighted by atomic mass is 9.86. The highest BCUT2D eigenvalue weighted by Crippen LogP contribution is 2.23. The summed E-state index contributed by atoms with van der Waals surface area (Å²) in [6.07, 6.45) is 6.30. The maximum atomic E-state index is 6.03. The van der Waals surface area contributed by atoms with Gasteiger partial charge in [-0.05, 0) is 32.1 Å². The average molecular weight is 260 g/mol. The predicted molar refractivity (Wildman–Crippen MR) is 73.9 cm³/mol. The lowest BCUT2D eigenvalue weighted by molar-refractivity contribution is 0.334. The maximum absolute atomic E-state index is 6.03. The van der Waals surface area contributed by atoms with Gasteiger partial charge in [0.05, 0.1) is 0 Å². The van der Waals surface area contributed by atoms with Gasteiger partial charge in [-0.25, -0.2) is 4.98 Å². The molecule has 19 heavy (non-hydrogen) atoms. The van der Waals surface area contributed by atoms with Crippen molar-refractivity contribution < 1.29 is 0 Å². The molecule has 2 atom stereocenters. The second-order valence-corrected chi connectivity index (χ2v) is 5.43. The number of aryl methyl sites for hydroxylation is 1. The minimum Gasteiger partial charge on any atom is -0.370 e. The summed E-state index contributed by atoms with van der Waals surface area (Å²) in [5.74, 6) is 2.25. The van der Waals surface area contributed by atoms with E-state index in [1.54, 1.807) is 4.52 Å². The first-order valence-electron chi connectivity index (χ1n) is 6.89. The Balaban J connectivity index is 1.72. The van der Waals surface area contributed by atoms with Crippen molar-refractivity contribution in [1.29, 1.82) is 0 Å². The fraction of sp³-hybridized carbons (Fsp3) is 0.615. The molecule has 0 bridgehead atoms. The van der Waals surface area contributed by atoms with Gasteiger partial charge in [0.15, 0.2) is 0 Å². The summed E-state index contributed by atoms with van der Waals surface area (Å²) >= 11 is 0. The third kappa shape index (κ3) is 2.68. The van der Waals surface area contributed by atoms with Gasteiger partial charge in [0.25, 0.3) is 5.78 Å². The van der Waals surface area contributed by atoms with Crippen molar-refractivity contribution in [3.63, 3.8) is 0 Å². The second kappa shape index (κ2) is 5.13. The number of fused-ring (bicyclic) bond motifs is 1. The summed E-state index contributed by atoms with van der Waals surface area (Å²) < 4.78 is 1.75. The SMILES string of the molecule is Cc1cc(NCC2CCCC(N)C2)n2ncnc2n1. The molecule has 3 N–H and O–H groups in total. The lowest BCUT2D eigenvalue weighted by Gasteiger charge is -2.27. The summed E-state index contributed by atoms with van der Waals surface area (Å²) in [4.78, 5) is 8.46. The number of nitrogens with one attached hydrogen (secondary N) is 1. The first-order valence-corrected chi connectivity index (χ1v) is 6.89. The molecular weight excluding hydrogens is 240 g/mol. The molecule has 2 aromatic heterocycles. The van der Waals surface area contributed by atoms with Crippen molar-refractivity contribution >= 4 is 11.6 Å². The van der Waals surface area contributed by atoms with Gasteiger partial charge in [-0.1, -0.05) is 6.42 Å². The van der Waals surface area contributed by atoms with Gasteiger partial charge in [0.2, 0.25) is 0 Å². The molecule has 0 radical (unpaired) electrons. The van der Waals surface area contributed by atoms with Crippen LogP contribution in [0, 0.1) is 12.8 Å². The average Bonchev–Trinajstić information content (AvgIpc) is 2.84. The molecule has 2 heterocycles. The van der Waals surface area contributed by atoms with Gasteiger partial charge < -0.3 is 11.1 Å². The van der Waals surface area contributed by atoms with Gasteiger partial charge >= 0.3 is 0 Å². The third-order valence-corrected chi connectivity index (χ3v) is 3.78. The molecule has 1 saturated carbocycles. The van der Waals surface area contributed by atoms with Crippen LogP contribution in [-0.4, -0.2) is 32.2 Å². The zero-order valence-corrected chi connectivity index (χ0v) is 11.2. The largest absolute Gasteiger partial charge is 0.370 e. The summed E-state index contributed by atoms with van der Waals surface area (Å²) in [6.45, 7) is 2.91. The molecule has 6 heteroatoms. The van der Waals surface area contributed by atoms with Gasteiger partial charge in [0.1, 0.15) is 12.1 Å². The number of anilines is 1. The van der Waals surface area contributed by atoms with Crippen LogP contribution in [0.15, 0.2) is 12.4 Å². The van der Waals surface area contributed by atoms with Crippen molar-refractivity contribution in [3.8, 4) is 0 Å². The predicted octanol–water partition coefficient (Wildman–Crippen LogP) is 1.36. The van der Waals surface area contributed by atoms with Crippen LogP contribution >= 0.6 is 0 Å². The molecule has 0 amide bonds. The minimum atomic E-state index is 0.367. The summed E-state index contributed by atoms with van der Waals surface area (Å²) in [5.41, 5.74) is 6.97. The van der Waals surface area contributed by atoms with E-state index in [-0.39, 0.29) is 0 Å². The molecule has 1 fully saturated rings. The number of nitrogens with two attached hydrogens (primary N) is 1. The topological polar surface area (TPSA) is 81.1 Å². The van der Waals surface area contributed by atoms with Gasteiger partial charge in [0, 0.05) is 24.3 Å². The number of hydrogen-bond donors (Lipinski definition) is 2. The van der Waals surface area contributed by atoms with Crippen molar-refractivity contribution in [2.45, 2.75) is 38.6 Å². The van der Waals surface area contributed by atoms with Gasteiger partial charge in [-0.3, -0.25) is 0 Å². The zero-order valence-electron chi connectivity index (χ0n) is 11.2. The number of hydrogen-bond acceptors (Lipinski definition) is 5. The van der Waals surface area contributed by atoms with Crippen LogP contribution in [0.1, 0.15) is 31.4 Å². The molecule has 102 valence electrons. The Labute approximate surface area is 112 Å². The Morgan fingerprint density at radius 3 is 3.21 bits per heavy atom. The monoisotopic (exact) mass is 260 g/mol. The molecule has 0 spiro atoms. The fourth-order valence-electron chi connectivity index (χ4n) is 2.82. The second-order valence-electron chi connectivity index (χ2n) is 5.43. The molecule has 1 aliphatic rings. The highest BCUT2D eigenvalue weighted by Gasteiger charge is 2.19. The standard InChI is InChI=1S/C13H20N6/c1-9-5-12(19-13(18-9)16-8-17-19)15-7-10-3-2-4-11(14)6-10/h5,8,10-11,15H,2-4,6-7,14H2,1H3. The third-order valence-electron chi connectivity index (χ3n) is 3.78.